The van der Waals surface area contributed by atoms with E-state index in [1.165, 1.54) is 32.1 Å². The number of hydrogen-bond donors (Lipinski definition) is 1. The number of nitrogens with one attached hydrogen (secondary N) is 1. The zero-order valence-corrected chi connectivity index (χ0v) is 11.2. The van der Waals surface area contributed by atoms with Crippen LogP contribution in [0, 0.1) is 6.92 Å². The van der Waals surface area contributed by atoms with Crippen molar-refractivity contribution in [2.45, 2.75) is 51.6 Å². The predicted octanol–water partition coefficient (Wildman–Crippen LogP) is 2.37. The summed E-state index contributed by atoms with van der Waals surface area (Å²) < 4.78 is 7.16. The lowest BCUT2D eigenvalue weighted by molar-refractivity contribution is 0.367. The molecule has 1 N–H and O–H groups in total. The van der Waals surface area contributed by atoms with Crippen LogP contribution in [0.3, 0.4) is 0 Å². The van der Waals surface area contributed by atoms with E-state index in [0.717, 1.165) is 5.95 Å². The second-order valence-electron chi connectivity index (χ2n) is 5.09. The molecule has 0 aliphatic heterocycles. The highest BCUT2D eigenvalue weighted by Crippen LogP contribution is 2.21. The average Bonchev–Trinajstić information content (AvgIpc) is 3.01. The molecule has 0 unspecified atom stereocenters. The summed E-state index contributed by atoms with van der Waals surface area (Å²) in [7, 11) is 0. The van der Waals surface area contributed by atoms with Gasteiger partial charge in [0.2, 0.25) is 11.8 Å². The van der Waals surface area contributed by atoms with Crippen LogP contribution in [0.2, 0.25) is 0 Å². The third-order valence-corrected chi connectivity index (χ3v) is 3.53. The van der Waals surface area contributed by atoms with Crippen LogP contribution in [0.1, 0.15) is 43.8 Å². The quantitative estimate of drug-likeness (QED) is 0.915. The van der Waals surface area contributed by atoms with Crippen molar-refractivity contribution in [2.24, 2.45) is 0 Å². The highest BCUT2D eigenvalue weighted by atomic mass is 16.5. The highest BCUT2D eigenvalue weighted by Gasteiger charge is 2.16. The minimum absolute atomic E-state index is 0.541. The van der Waals surface area contributed by atoms with Crippen molar-refractivity contribution in [1.29, 1.82) is 0 Å². The number of hydrogen-bond acceptors (Lipinski definition) is 5. The predicted molar refractivity (Wildman–Crippen MR) is 70.9 cm³/mol. The van der Waals surface area contributed by atoms with Gasteiger partial charge in [0.1, 0.15) is 6.54 Å². The first-order chi connectivity index (χ1) is 9.31. The second kappa shape index (κ2) is 5.42. The Morgan fingerprint density at radius 3 is 2.95 bits per heavy atom. The molecule has 0 radical (unpaired) electrons. The highest BCUT2D eigenvalue weighted by molar-refractivity contribution is 5.28. The lowest BCUT2D eigenvalue weighted by Gasteiger charge is -2.23. The van der Waals surface area contributed by atoms with Gasteiger partial charge < -0.3 is 14.4 Å². The molecule has 6 nitrogen and oxygen atoms in total. The largest absolute Gasteiger partial charge is 0.353 e. The molecule has 6 heteroatoms. The van der Waals surface area contributed by atoms with E-state index in [2.05, 4.69) is 20.4 Å². The third-order valence-electron chi connectivity index (χ3n) is 3.53. The molecule has 0 saturated heterocycles. The zero-order chi connectivity index (χ0) is 13.1. The Morgan fingerprint density at radius 2 is 2.21 bits per heavy atom. The van der Waals surface area contributed by atoms with Gasteiger partial charge in [0, 0.05) is 18.4 Å². The first-order valence-corrected chi connectivity index (χ1v) is 6.88. The molecule has 2 heterocycles. The van der Waals surface area contributed by atoms with Crippen molar-refractivity contribution < 1.29 is 4.52 Å². The standard InChI is InChI=1S/C13H19N5O/c1-10-15-12(19-17-10)9-18-8-7-14-13(18)16-11-5-3-2-4-6-11/h7-8,11H,2-6,9H2,1H3,(H,14,16). The van der Waals surface area contributed by atoms with Crippen LogP contribution in [-0.4, -0.2) is 25.7 Å². The summed E-state index contributed by atoms with van der Waals surface area (Å²) in [6.45, 7) is 2.39. The molecule has 102 valence electrons. The van der Waals surface area contributed by atoms with Gasteiger partial charge in [0.15, 0.2) is 5.82 Å². The molecule has 0 spiro atoms. The minimum atomic E-state index is 0.541. The van der Waals surface area contributed by atoms with Gasteiger partial charge in [-0.05, 0) is 19.8 Å². The maximum absolute atomic E-state index is 5.15. The van der Waals surface area contributed by atoms with Gasteiger partial charge in [-0.15, -0.1) is 0 Å². The Labute approximate surface area is 112 Å². The number of aryl methyl sites for hydroxylation is 1. The Bertz CT molecular complexity index is 527. The summed E-state index contributed by atoms with van der Waals surface area (Å²) in [4.78, 5) is 8.59. The molecule has 0 amide bonds. The molecule has 0 aromatic carbocycles. The second-order valence-corrected chi connectivity index (χ2v) is 5.09. The van der Waals surface area contributed by atoms with E-state index in [-0.39, 0.29) is 0 Å². The fraction of sp³-hybridized carbons (Fsp3) is 0.615. The Kier molecular flexibility index (Phi) is 3.48. The maximum atomic E-state index is 5.15. The van der Waals surface area contributed by atoms with Crippen molar-refractivity contribution in [3.05, 3.63) is 24.1 Å². The fourth-order valence-corrected chi connectivity index (χ4v) is 2.56. The Morgan fingerprint density at radius 1 is 1.37 bits per heavy atom. The van der Waals surface area contributed by atoms with Gasteiger partial charge in [-0.1, -0.05) is 24.4 Å². The number of anilines is 1. The van der Waals surface area contributed by atoms with Crippen LogP contribution in [0.4, 0.5) is 5.95 Å². The van der Waals surface area contributed by atoms with E-state index >= 15 is 0 Å². The summed E-state index contributed by atoms with van der Waals surface area (Å²) in [6.07, 6.45) is 10.2. The van der Waals surface area contributed by atoms with Gasteiger partial charge in [0.05, 0.1) is 0 Å². The van der Waals surface area contributed by atoms with Crippen LogP contribution in [-0.2, 0) is 6.54 Å². The van der Waals surface area contributed by atoms with Gasteiger partial charge in [0.25, 0.3) is 0 Å². The van der Waals surface area contributed by atoms with E-state index in [1.54, 1.807) is 6.20 Å². The number of rotatable bonds is 4. The number of nitrogens with zero attached hydrogens (tertiary/aromatic N) is 4. The molecule has 3 rings (SSSR count). The molecule has 1 fully saturated rings. The van der Waals surface area contributed by atoms with E-state index < -0.39 is 0 Å². The normalized spacial score (nSPS) is 16.7. The van der Waals surface area contributed by atoms with Crippen LogP contribution in [0.25, 0.3) is 0 Å². The van der Waals surface area contributed by atoms with Gasteiger partial charge >= 0.3 is 0 Å². The number of aromatic nitrogens is 4. The van der Waals surface area contributed by atoms with Crippen LogP contribution < -0.4 is 5.32 Å². The van der Waals surface area contributed by atoms with Gasteiger partial charge in [-0.2, -0.15) is 4.98 Å². The van der Waals surface area contributed by atoms with E-state index in [1.807, 2.05) is 17.7 Å². The van der Waals surface area contributed by atoms with Gasteiger partial charge in [-0.25, -0.2) is 4.98 Å². The van der Waals surface area contributed by atoms with Crippen molar-refractivity contribution in [1.82, 2.24) is 19.7 Å². The lowest BCUT2D eigenvalue weighted by atomic mass is 9.96. The van der Waals surface area contributed by atoms with E-state index in [9.17, 15) is 0 Å². The monoisotopic (exact) mass is 261 g/mol. The summed E-state index contributed by atoms with van der Waals surface area (Å²) >= 11 is 0. The SMILES string of the molecule is Cc1noc(Cn2ccnc2NC2CCCCC2)n1. The third kappa shape index (κ3) is 2.94. The summed E-state index contributed by atoms with van der Waals surface area (Å²) in [5, 5.41) is 7.32. The molecule has 2 aromatic heterocycles. The molecule has 19 heavy (non-hydrogen) atoms. The minimum Gasteiger partial charge on any atom is -0.353 e. The molecular weight excluding hydrogens is 242 g/mol. The van der Waals surface area contributed by atoms with Crippen molar-refractivity contribution in [2.75, 3.05) is 5.32 Å². The summed E-state index contributed by atoms with van der Waals surface area (Å²) in [5.74, 6) is 2.17. The lowest BCUT2D eigenvalue weighted by Crippen LogP contribution is -2.24. The Hall–Kier alpha value is -1.85. The van der Waals surface area contributed by atoms with Crippen LogP contribution in [0.15, 0.2) is 16.9 Å². The summed E-state index contributed by atoms with van der Waals surface area (Å²) in [5.41, 5.74) is 0. The molecule has 1 aliphatic rings. The first kappa shape index (κ1) is 12.2. The Balaban J connectivity index is 1.67. The molecule has 2 aromatic rings. The molecule has 1 saturated carbocycles. The van der Waals surface area contributed by atoms with Crippen LogP contribution >= 0.6 is 0 Å². The zero-order valence-electron chi connectivity index (χ0n) is 11.2. The molecule has 0 atom stereocenters. The summed E-state index contributed by atoms with van der Waals surface area (Å²) in [6, 6.07) is 0.541. The van der Waals surface area contributed by atoms with Crippen molar-refractivity contribution in [3.8, 4) is 0 Å². The van der Waals surface area contributed by atoms with Crippen molar-refractivity contribution >= 4 is 5.95 Å². The average molecular weight is 261 g/mol. The molecule has 0 bridgehead atoms. The van der Waals surface area contributed by atoms with E-state index in [0.29, 0.717) is 24.3 Å². The molecule has 1 aliphatic carbocycles. The van der Waals surface area contributed by atoms with Gasteiger partial charge in [-0.3, -0.25) is 0 Å². The molecular formula is C13H19N5O. The van der Waals surface area contributed by atoms with E-state index in [4.69, 9.17) is 4.52 Å². The fourth-order valence-electron chi connectivity index (χ4n) is 2.56. The number of imidazole rings is 1. The first-order valence-electron chi connectivity index (χ1n) is 6.88. The topological polar surface area (TPSA) is 68.8 Å². The maximum Gasteiger partial charge on any atom is 0.246 e. The van der Waals surface area contributed by atoms with Crippen LogP contribution in [0.5, 0.6) is 0 Å². The smallest absolute Gasteiger partial charge is 0.246 e. The van der Waals surface area contributed by atoms with Crippen molar-refractivity contribution in [3.63, 3.8) is 0 Å².